The van der Waals surface area contributed by atoms with Gasteiger partial charge in [0.05, 0.1) is 16.9 Å². The Labute approximate surface area is 211 Å². The van der Waals surface area contributed by atoms with Crippen molar-refractivity contribution in [1.82, 2.24) is 0 Å². The molecule has 0 aliphatic carbocycles. The monoisotopic (exact) mass is 515 g/mol. The Kier molecular flexibility index (Phi) is 8.21. The number of hydrogen-bond donors (Lipinski definition) is 3. The molecule has 0 spiro atoms. The summed E-state index contributed by atoms with van der Waals surface area (Å²) in [4.78, 5) is 25.5. The number of carboxylic acids is 1. The van der Waals surface area contributed by atoms with Gasteiger partial charge in [-0.05, 0) is 67.4 Å². The lowest BCUT2D eigenvalue weighted by Crippen LogP contribution is -2.36. The highest BCUT2D eigenvalue weighted by Crippen LogP contribution is 2.35. The van der Waals surface area contributed by atoms with Gasteiger partial charge in [0.1, 0.15) is 12.4 Å². The number of amides is 2. The van der Waals surface area contributed by atoms with E-state index < -0.39 is 30.5 Å². The van der Waals surface area contributed by atoms with E-state index in [1.807, 2.05) is 6.92 Å². The van der Waals surface area contributed by atoms with Crippen molar-refractivity contribution in [2.75, 3.05) is 28.6 Å². The van der Waals surface area contributed by atoms with Crippen LogP contribution >= 0.6 is 0 Å². The highest BCUT2D eigenvalue weighted by Gasteiger charge is 2.32. The van der Waals surface area contributed by atoms with Crippen LogP contribution in [0.15, 0.2) is 72.8 Å². The molecule has 10 heteroatoms. The number of nitrogens with one attached hydrogen (secondary N) is 2. The van der Waals surface area contributed by atoms with Gasteiger partial charge < -0.3 is 20.6 Å². The van der Waals surface area contributed by atoms with Gasteiger partial charge in [0.15, 0.2) is 0 Å². The second-order valence-corrected chi connectivity index (χ2v) is 8.60. The molecule has 0 aliphatic heterocycles. The number of nitrogens with zero attached hydrogens (tertiary/aromatic N) is 1. The molecule has 6 nitrogen and oxygen atoms in total. The van der Waals surface area contributed by atoms with Crippen LogP contribution in [-0.2, 0) is 0 Å². The SMILES string of the molecule is C=C(C)CN(CC(F)(F)F)c1ccc(-c2cc(F)ccc2C(=O)O)cc1NC(=O)Nc1ccc(C)cc1. The van der Waals surface area contributed by atoms with Crippen LogP contribution in [0.3, 0.4) is 0 Å². The average Bonchev–Trinajstić information content (AvgIpc) is 2.78. The Bertz CT molecular complexity index is 1320. The third-order valence-corrected chi connectivity index (χ3v) is 5.25. The summed E-state index contributed by atoms with van der Waals surface area (Å²) in [6.07, 6.45) is -4.56. The van der Waals surface area contributed by atoms with Crippen LogP contribution in [0.1, 0.15) is 22.8 Å². The summed E-state index contributed by atoms with van der Waals surface area (Å²) in [6, 6.07) is 13.2. The van der Waals surface area contributed by atoms with E-state index in [1.54, 1.807) is 31.2 Å². The number of aryl methyl sites for hydroxylation is 1. The molecule has 3 aromatic rings. The van der Waals surface area contributed by atoms with Crippen LogP contribution in [0.25, 0.3) is 11.1 Å². The molecule has 3 N–H and O–H groups in total. The lowest BCUT2D eigenvalue weighted by atomic mass is 9.98. The normalized spacial score (nSPS) is 11.1. The van der Waals surface area contributed by atoms with Gasteiger partial charge in [0, 0.05) is 12.2 Å². The minimum absolute atomic E-state index is 0.00307. The van der Waals surface area contributed by atoms with Gasteiger partial charge in [-0.25, -0.2) is 14.0 Å². The lowest BCUT2D eigenvalue weighted by molar-refractivity contribution is -0.119. The Morgan fingerprint density at radius 2 is 1.68 bits per heavy atom. The van der Waals surface area contributed by atoms with Gasteiger partial charge >= 0.3 is 18.2 Å². The molecule has 2 amide bonds. The van der Waals surface area contributed by atoms with Gasteiger partial charge in [0.25, 0.3) is 0 Å². The van der Waals surface area contributed by atoms with E-state index in [4.69, 9.17) is 0 Å². The molecule has 3 aromatic carbocycles. The van der Waals surface area contributed by atoms with E-state index in [9.17, 15) is 32.3 Å². The number of alkyl halides is 3. The molecule has 0 saturated carbocycles. The Morgan fingerprint density at radius 3 is 2.27 bits per heavy atom. The molecule has 0 bridgehead atoms. The second kappa shape index (κ2) is 11.2. The molecule has 0 aliphatic rings. The van der Waals surface area contributed by atoms with Crippen molar-refractivity contribution in [1.29, 1.82) is 0 Å². The molecular formula is C27H25F4N3O3. The van der Waals surface area contributed by atoms with Gasteiger partial charge in [-0.2, -0.15) is 13.2 Å². The van der Waals surface area contributed by atoms with Crippen molar-refractivity contribution in [3.8, 4) is 11.1 Å². The average molecular weight is 516 g/mol. The summed E-state index contributed by atoms with van der Waals surface area (Å²) < 4.78 is 54.2. The van der Waals surface area contributed by atoms with Crippen LogP contribution in [0.5, 0.6) is 0 Å². The van der Waals surface area contributed by atoms with Crippen LogP contribution in [-0.4, -0.2) is 36.4 Å². The second-order valence-electron chi connectivity index (χ2n) is 8.60. The number of halogens is 4. The maximum atomic E-state index is 14.0. The molecule has 0 aromatic heterocycles. The number of benzene rings is 3. The van der Waals surface area contributed by atoms with E-state index in [1.165, 1.54) is 18.2 Å². The summed E-state index contributed by atoms with van der Waals surface area (Å²) >= 11 is 0. The molecule has 0 saturated heterocycles. The predicted molar refractivity (Wildman–Crippen MR) is 136 cm³/mol. The topological polar surface area (TPSA) is 81.7 Å². The minimum Gasteiger partial charge on any atom is -0.478 e. The standard InChI is InChI=1S/C27H25F4N3O3/c1-16(2)14-34(15-27(29,30)31)24-11-6-18(22-13-19(28)7-10-21(22)25(35)36)12-23(24)33-26(37)32-20-8-4-17(3)5-9-20/h4-13H,1,14-15H2,2-3H3,(H,35,36)(H2,32,33,37). The first-order valence-corrected chi connectivity index (χ1v) is 11.1. The quantitative estimate of drug-likeness (QED) is 0.221. The number of carbonyl (C=O) groups is 2. The molecule has 194 valence electrons. The lowest BCUT2D eigenvalue weighted by Gasteiger charge is -2.29. The molecule has 0 atom stereocenters. The summed E-state index contributed by atoms with van der Waals surface area (Å²) in [7, 11) is 0. The van der Waals surface area contributed by atoms with Crippen molar-refractivity contribution in [3.05, 3.63) is 89.8 Å². The fourth-order valence-corrected chi connectivity index (χ4v) is 3.71. The largest absolute Gasteiger partial charge is 0.478 e. The summed E-state index contributed by atoms with van der Waals surface area (Å²) in [5.41, 5.74) is 1.84. The zero-order valence-electron chi connectivity index (χ0n) is 20.1. The van der Waals surface area contributed by atoms with E-state index in [0.29, 0.717) is 11.3 Å². The molecule has 0 heterocycles. The first-order chi connectivity index (χ1) is 17.3. The maximum absolute atomic E-state index is 14.0. The molecule has 0 unspecified atom stereocenters. The van der Waals surface area contributed by atoms with Gasteiger partial charge in [-0.1, -0.05) is 35.9 Å². The number of hydrogen-bond acceptors (Lipinski definition) is 3. The number of aromatic carboxylic acids is 1. The number of urea groups is 1. The Morgan fingerprint density at radius 1 is 1.00 bits per heavy atom. The van der Waals surface area contributed by atoms with E-state index in [2.05, 4.69) is 17.2 Å². The fraction of sp³-hybridized carbons (Fsp3) is 0.185. The highest BCUT2D eigenvalue weighted by atomic mass is 19.4. The Balaban J connectivity index is 2.09. The van der Waals surface area contributed by atoms with Crippen molar-refractivity contribution < 1.29 is 32.3 Å². The third kappa shape index (κ3) is 7.57. The summed E-state index contributed by atoms with van der Waals surface area (Å²) in [6.45, 7) is 5.65. The van der Waals surface area contributed by atoms with Gasteiger partial charge in [-0.15, -0.1) is 0 Å². The molecule has 37 heavy (non-hydrogen) atoms. The zero-order valence-corrected chi connectivity index (χ0v) is 20.1. The predicted octanol–water partition coefficient (Wildman–Crippen LogP) is 7.09. The number of carboxylic acid groups (broad SMARTS) is 1. The van der Waals surface area contributed by atoms with Gasteiger partial charge in [-0.3, -0.25) is 0 Å². The van der Waals surface area contributed by atoms with Crippen molar-refractivity contribution >= 4 is 29.1 Å². The van der Waals surface area contributed by atoms with Crippen molar-refractivity contribution in [2.45, 2.75) is 20.0 Å². The maximum Gasteiger partial charge on any atom is 0.405 e. The minimum atomic E-state index is -4.56. The Hall–Kier alpha value is -4.34. The van der Waals surface area contributed by atoms with Crippen molar-refractivity contribution in [2.24, 2.45) is 0 Å². The first-order valence-electron chi connectivity index (χ1n) is 11.1. The number of rotatable bonds is 8. The molecule has 0 fully saturated rings. The molecule has 3 rings (SSSR count). The van der Waals surface area contributed by atoms with Crippen molar-refractivity contribution in [3.63, 3.8) is 0 Å². The first kappa shape index (κ1) is 27.3. The van der Waals surface area contributed by atoms with Crippen LogP contribution in [0, 0.1) is 12.7 Å². The third-order valence-electron chi connectivity index (χ3n) is 5.25. The summed E-state index contributed by atoms with van der Waals surface area (Å²) in [5.74, 6) is -2.01. The number of carbonyl (C=O) groups excluding carboxylic acids is 1. The molecule has 0 radical (unpaired) electrons. The van der Waals surface area contributed by atoms with Crippen LogP contribution in [0.2, 0.25) is 0 Å². The van der Waals surface area contributed by atoms with E-state index in [0.717, 1.165) is 28.7 Å². The van der Waals surface area contributed by atoms with E-state index >= 15 is 0 Å². The molecular weight excluding hydrogens is 490 g/mol. The van der Waals surface area contributed by atoms with Gasteiger partial charge in [0.2, 0.25) is 0 Å². The zero-order chi connectivity index (χ0) is 27.3. The fourth-order valence-electron chi connectivity index (χ4n) is 3.71. The summed E-state index contributed by atoms with van der Waals surface area (Å²) in [5, 5.41) is 14.7. The number of anilines is 3. The smallest absolute Gasteiger partial charge is 0.405 e. The van der Waals surface area contributed by atoms with Crippen LogP contribution < -0.4 is 15.5 Å². The highest BCUT2D eigenvalue weighted by molar-refractivity contribution is 6.03. The van der Waals surface area contributed by atoms with E-state index in [-0.39, 0.29) is 34.6 Å². The van der Waals surface area contributed by atoms with Crippen LogP contribution in [0.4, 0.5) is 39.4 Å².